The highest BCUT2D eigenvalue weighted by Crippen LogP contribution is 2.32. The molecule has 0 radical (unpaired) electrons. The monoisotopic (exact) mass is 353 g/mol. The summed E-state index contributed by atoms with van der Waals surface area (Å²) in [6, 6.07) is 0.290. The average Bonchev–Trinajstić information content (AvgIpc) is 2.08. The van der Waals surface area contributed by atoms with Crippen LogP contribution in [0, 0.1) is 0 Å². The van der Waals surface area contributed by atoms with E-state index in [1.54, 1.807) is 0 Å². The molecule has 0 saturated carbocycles. The third kappa shape index (κ3) is 2.47. The molecule has 2 N–H and O–H groups in total. The first-order chi connectivity index (χ1) is 4.11. The second-order valence-electron chi connectivity index (χ2n) is 2.24. The third-order valence-corrected chi connectivity index (χ3v) is 2.98. The summed E-state index contributed by atoms with van der Waals surface area (Å²) in [5.41, 5.74) is 0. The zero-order chi connectivity index (χ0) is 6.91. The van der Waals surface area contributed by atoms with Crippen LogP contribution >= 0.6 is 45.2 Å². The number of nitrogens with one attached hydrogen (secondary N) is 1. The molecular weight excluding hydrogens is 344 g/mol. The number of halogens is 2. The van der Waals surface area contributed by atoms with Gasteiger partial charge >= 0.3 is 0 Å². The van der Waals surface area contributed by atoms with Crippen LogP contribution in [0.25, 0.3) is 0 Å². The molecule has 0 spiro atoms. The van der Waals surface area contributed by atoms with Crippen LogP contribution in [0.4, 0.5) is 0 Å². The van der Waals surface area contributed by atoms with Gasteiger partial charge in [0.05, 0.1) is 6.04 Å². The fourth-order valence-electron chi connectivity index (χ4n) is 0.981. The second-order valence-corrected chi connectivity index (χ2v) is 7.59. The van der Waals surface area contributed by atoms with Crippen molar-refractivity contribution in [2.75, 3.05) is 6.54 Å². The highest BCUT2D eigenvalue weighted by atomic mass is 127. The highest BCUT2D eigenvalue weighted by Gasteiger charge is 2.32. The fourth-order valence-corrected chi connectivity index (χ4v) is 2.04. The maximum absolute atomic E-state index is 9.43. The lowest BCUT2D eigenvalue weighted by atomic mass is 10.2. The molecule has 1 fully saturated rings. The van der Waals surface area contributed by atoms with E-state index in [0.29, 0.717) is 6.04 Å². The van der Waals surface area contributed by atoms with Gasteiger partial charge in [0, 0.05) is 0 Å². The summed E-state index contributed by atoms with van der Waals surface area (Å²) in [5.74, 6) is 0. The van der Waals surface area contributed by atoms with E-state index in [4.69, 9.17) is 0 Å². The summed E-state index contributed by atoms with van der Waals surface area (Å²) in [5, 5.41) is 12.7. The summed E-state index contributed by atoms with van der Waals surface area (Å²) < 4.78 is -0.591. The minimum Gasteiger partial charge on any atom is -0.369 e. The van der Waals surface area contributed by atoms with Crippen LogP contribution in [0.3, 0.4) is 0 Å². The largest absolute Gasteiger partial charge is 0.369 e. The minimum absolute atomic E-state index is 0.290. The Hall–Kier alpha value is 1.38. The predicted octanol–water partition coefficient (Wildman–Crippen LogP) is 1.25. The summed E-state index contributed by atoms with van der Waals surface area (Å²) in [6.45, 7) is 1.05. The van der Waals surface area contributed by atoms with E-state index in [-0.39, 0.29) is 0 Å². The molecule has 1 rings (SSSR count). The fraction of sp³-hybridized carbons (Fsp3) is 1.00. The lowest BCUT2D eigenvalue weighted by Crippen LogP contribution is -2.37. The molecular formula is C5H9I2NO. The van der Waals surface area contributed by atoms with Gasteiger partial charge in [-0.05, 0) is 64.6 Å². The smallest absolute Gasteiger partial charge is 0.182 e. The Balaban J connectivity index is 2.42. The Morgan fingerprint density at radius 1 is 1.56 bits per heavy atom. The number of aliphatic hydroxyl groups is 1. The molecule has 1 heterocycles. The second kappa shape index (κ2) is 3.19. The van der Waals surface area contributed by atoms with Gasteiger partial charge in [-0.25, -0.2) is 0 Å². The maximum Gasteiger partial charge on any atom is 0.182 e. The van der Waals surface area contributed by atoms with Gasteiger partial charge in [0.25, 0.3) is 0 Å². The molecule has 1 aliphatic heterocycles. The summed E-state index contributed by atoms with van der Waals surface area (Å²) in [4.78, 5) is 0. The van der Waals surface area contributed by atoms with Crippen LogP contribution in [0.2, 0.25) is 0 Å². The van der Waals surface area contributed by atoms with Gasteiger partial charge in [-0.1, -0.05) is 0 Å². The average molecular weight is 353 g/mol. The van der Waals surface area contributed by atoms with Gasteiger partial charge in [-0.15, -0.1) is 0 Å². The third-order valence-electron chi connectivity index (χ3n) is 1.48. The minimum atomic E-state index is -0.591. The highest BCUT2D eigenvalue weighted by molar-refractivity contribution is 14.2. The van der Waals surface area contributed by atoms with Crippen LogP contribution in [-0.4, -0.2) is 19.3 Å². The van der Waals surface area contributed by atoms with Gasteiger partial charge < -0.3 is 10.4 Å². The summed E-state index contributed by atoms with van der Waals surface area (Å²) >= 11 is 4.12. The summed E-state index contributed by atoms with van der Waals surface area (Å²) in [7, 11) is 0. The van der Waals surface area contributed by atoms with Crippen molar-refractivity contribution in [1.82, 2.24) is 5.32 Å². The lowest BCUT2D eigenvalue weighted by molar-refractivity contribution is 0.220. The molecule has 1 atom stereocenters. The van der Waals surface area contributed by atoms with Gasteiger partial charge in [0.1, 0.15) is 0 Å². The first kappa shape index (κ1) is 8.48. The molecule has 0 aromatic rings. The molecule has 0 amide bonds. The van der Waals surface area contributed by atoms with Crippen molar-refractivity contribution < 1.29 is 5.11 Å². The lowest BCUT2D eigenvalue weighted by Gasteiger charge is -2.20. The number of rotatable bonds is 1. The molecule has 1 unspecified atom stereocenters. The Kier molecular flexibility index (Phi) is 3.00. The number of hydrogen-bond acceptors (Lipinski definition) is 2. The van der Waals surface area contributed by atoms with E-state index >= 15 is 0 Å². The molecule has 2 nitrogen and oxygen atoms in total. The van der Waals surface area contributed by atoms with Crippen LogP contribution in [0.1, 0.15) is 12.8 Å². The number of hydrogen-bond donors (Lipinski definition) is 2. The zero-order valence-corrected chi connectivity index (χ0v) is 9.22. The molecule has 0 aromatic heterocycles. The van der Waals surface area contributed by atoms with Crippen LogP contribution < -0.4 is 5.32 Å². The molecule has 0 aliphatic carbocycles. The molecule has 0 bridgehead atoms. The van der Waals surface area contributed by atoms with Crippen LogP contribution in [-0.2, 0) is 0 Å². The Morgan fingerprint density at radius 3 is 2.44 bits per heavy atom. The van der Waals surface area contributed by atoms with Crippen molar-refractivity contribution >= 4 is 45.2 Å². The maximum atomic E-state index is 9.43. The van der Waals surface area contributed by atoms with Crippen molar-refractivity contribution in [2.45, 2.75) is 20.5 Å². The first-order valence-corrected chi connectivity index (χ1v) is 5.10. The van der Waals surface area contributed by atoms with Gasteiger partial charge in [-0.3, -0.25) is 0 Å². The van der Waals surface area contributed by atoms with Crippen LogP contribution in [0.5, 0.6) is 0 Å². The van der Waals surface area contributed by atoms with E-state index < -0.39 is 1.61 Å². The van der Waals surface area contributed by atoms with Crippen molar-refractivity contribution in [3.8, 4) is 0 Å². The molecule has 9 heavy (non-hydrogen) atoms. The Bertz CT molecular complexity index is 95.6. The van der Waals surface area contributed by atoms with Crippen molar-refractivity contribution in [3.63, 3.8) is 0 Å². The number of alkyl halides is 2. The van der Waals surface area contributed by atoms with Gasteiger partial charge in [-0.2, -0.15) is 0 Å². The molecule has 1 saturated heterocycles. The Labute approximate surface area is 82.1 Å². The summed E-state index contributed by atoms with van der Waals surface area (Å²) in [6.07, 6.45) is 2.29. The van der Waals surface area contributed by atoms with Gasteiger partial charge in [0.15, 0.2) is 1.61 Å². The van der Waals surface area contributed by atoms with E-state index in [1.807, 2.05) is 0 Å². The SMILES string of the molecule is OC(I)(I)C1CCCN1. The topological polar surface area (TPSA) is 32.3 Å². The molecule has 1 aliphatic rings. The van der Waals surface area contributed by atoms with Crippen molar-refractivity contribution in [1.29, 1.82) is 0 Å². The van der Waals surface area contributed by atoms with E-state index in [1.165, 1.54) is 6.42 Å². The quantitative estimate of drug-likeness (QED) is 0.550. The van der Waals surface area contributed by atoms with Crippen molar-refractivity contribution in [3.05, 3.63) is 0 Å². The molecule has 4 heteroatoms. The zero-order valence-electron chi connectivity index (χ0n) is 4.90. The van der Waals surface area contributed by atoms with Crippen LogP contribution in [0.15, 0.2) is 0 Å². The molecule has 54 valence electrons. The molecule has 0 aromatic carbocycles. The predicted molar refractivity (Wildman–Crippen MR) is 54.0 cm³/mol. The van der Waals surface area contributed by atoms with Crippen molar-refractivity contribution in [2.24, 2.45) is 0 Å². The normalized spacial score (nSPS) is 29.0. The van der Waals surface area contributed by atoms with E-state index in [9.17, 15) is 5.11 Å². The standard InChI is InChI=1S/C5H9I2NO/c6-5(7,9)4-2-1-3-8-4/h4,8-9H,1-3H2. The van der Waals surface area contributed by atoms with Gasteiger partial charge in [0.2, 0.25) is 0 Å². The Morgan fingerprint density at radius 2 is 2.22 bits per heavy atom. The first-order valence-electron chi connectivity index (χ1n) is 2.94. The van der Waals surface area contributed by atoms with E-state index in [0.717, 1.165) is 13.0 Å². The van der Waals surface area contributed by atoms with E-state index in [2.05, 4.69) is 50.5 Å².